The molecule has 0 saturated heterocycles. The van der Waals surface area contributed by atoms with Gasteiger partial charge in [0, 0.05) is 14.1 Å². The highest BCUT2D eigenvalue weighted by molar-refractivity contribution is 6.04. The van der Waals surface area contributed by atoms with Gasteiger partial charge in [-0.15, -0.1) is 0 Å². The summed E-state index contributed by atoms with van der Waals surface area (Å²) in [5.74, 6) is 0.0509. The number of methoxy groups -OCH3 is 1. The lowest BCUT2D eigenvalue weighted by Crippen LogP contribution is -2.37. The van der Waals surface area contributed by atoms with Gasteiger partial charge in [-0.3, -0.25) is 18.7 Å². The second-order valence-corrected chi connectivity index (χ2v) is 5.93. The molecule has 1 N–H and O–H groups in total. The van der Waals surface area contributed by atoms with Crippen molar-refractivity contribution in [1.29, 1.82) is 0 Å². The maximum absolute atomic E-state index is 12.6. The molecule has 8 heteroatoms. The number of hydrogen-bond acceptors (Lipinski definition) is 5. The first kappa shape index (κ1) is 17.4. The smallest absolute Gasteiger partial charge is 0.332 e. The second-order valence-electron chi connectivity index (χ2n) is 5.93. The molecular weight excluding hydrogens is 336 g/mol. The minimum absolute atomic E-state index is 0.0873. The highest BCUT2D eigenvalue weighted by Crippen LogP contribution is 2.25. The van der Waals surface area contributed by atoms with Gasteiger partial charge in [0.15, 0.2) is 0 Å². The number of aryl methyl sites for hydroxylation is 2. The van der Waals surface area contributed by atoms with E-state index in [9.17, 15) is 14.4 Å². The molecule has 0 aliphatic carbocycles. The normalized spacial score (nSPS) is 10.8. The minimum Gasteiger partial charge on any atom is -0.495 e. The highest BCUT2D eigenvalue weighted by Gasteiger charge is 2.15. The summed E-state index contributed by atoms with van der Waals surface area (Å²) < 4.78 is 7.48. The van der Waals surface area contributed by atoms with Gasteiger partial charge in [-0.05, 0) is 36.8 Å². The fourth-order valence-corrected chi connectivity index (χ4v) is 2.69. The number of amides is 1. The maximum atomic E-state index is 12.6. The van der Waals surface area contributed by atoms with Crippen LogP contribution in [0.1, 0.15) is 16.1 Å². The number of fused-ring (bicyclic) bond motifs is 1. The van der Waals surface area contributed by atoms with Crippen LogP contribution in [-0.2, 0) is 14.1 Å². The summed E-state index contributed by atoms with van der Waals surface area (Å²) in [7, 11) is 4.41. The van der Waals surface area contributed by atoms with Crippen molar-refractivity contribution in [3.05, 3.63) is 62.4 Å². The van der Waals surface area contributed by atoms with Gasteiger partial charge in [-0.2, -0.15) is 0 Å². The third kappa shape index (κ3) is 2.85. The molecule has 26 heavy (non-hydrogen) atoms. The van der Waals surface area contributed by atoms with Crippen molar-refractivity contribution < 1.29 is 9.53 Å². The van der Waals surface area contributed by atoms with Crippen LogP contribution in [0.4, 0.5) is 5.69 Å². The zero-order chi connectivity index (χ0) is 19.0. The summed E-state index contributed by atoms with van der Waals surface area (Å²) in [5.41, 5.74) is 0.748. The Bertz CT molecular complexity index is 1140. The summed E-state index contributed by atoms with van der Waals surface area (Å²) in [6.45, 7) is 1.90. The molecule has 134 valence electrons. The van der Waals surface area contributed by atoms with E-state index in [-0.39, 0.29) is 16.7 Å². The Balaban J connectivity index is 2.06. The molecule has 3 aromatic rings. The van der Waals surface area contributed by atoms with Gasteiger partial charge in [-0.1, -0.05) is 6.07 Å². The number of rotatable bonds is 3. The van der Waals surface area contributed by atoms with Crippen LogP contribution in [0.5, 0.6) is 5.75 Å². The molecule has 0 radical (unpaired) electrons. The van der Waals surface area contributed by atoms with Crippen LogP contribution >= 0.6 is 0 Å². The Labute approximate surface area is 148 Å². The van der Waals surface area contributed by atoms with E-state index >= 15 is 0 Å². The van der Waals surface area contributed by atoms with Crippen molar-refractivity contribution >= 4 is 22.6 Å². The number of anilines is 1. The number of carbonyl (C=O) groups excluding carboxylic acids is 1. The third-order valence-corrected chi connectivity index (χ3v) is 4.14. The van der Waals surface area contributed by atoms with Gasteiger partial charge in [0.1, 0.15) is 17.1 Å². The highest BCUT2D eigenvalue weighted by atomic mass is 16.5. The molecule has 0 saturated carbocycles. The number of hydrogen-bond donors (Lipinski definition) is 1. The van der Waals surface area contributed by atoms with E-state index in [4.69, 9.17) is 4.74 Å². The molecule has 2 aromatic heterocycles. The van der Waals surface area contributed by atoms with E-state index in [1.54, 1.807) is 12.1 Å². The fraction of sp³-hybridized carbons (Fsp3) is 0.222. The lowest BCUT2D eigenvalue weighted by Gasteiger charge is -2.11. The molecule has 0 aliphatic rings. The van der Waals surface area contributed by atoms with Crippen molar-refractivity contribution in [2.75, 3.05) is 12.4 Å². The predicted octanol–water partition coefficient (Wildman–Crippen LogP) is 1.20. The standard InChI is InChI=1S/C18H18N4O4/c1-10-5-8-14(26-4)13(9-10)20-16(23)12-7-6-11-15(19-12)21(2)18(25)22(3)17(11)24/h5-9H,1-4H3,(H,20,23). The Morgan fingerprint density at radius 3 is 2.54 bits per heavy atom. The van der Waals surface area contributed by atoms with Gasteiger partial charge in [0.2, 0.25) is 0 Å². The number of nitrogens with one attached hydrogen (secondary N) is 1. The summed E-state index contributed by atoms with van der Waals surface area (Å²) >= 11 is 0. The zero-order valence-electron chi connectivity index (χ0n) is 14.9. The number of aromatic nitrogens is 3. The van der Waals surface area contributed by atoms with E-state index in [0.29, 0.717) is 11.4 Å². The van der Waals surface area contributed by atoms with Crippen LogP contribution in [0, 0.1) is 6.92 Å². The SMILES string of the molecule is COc1ccc(C)cc1NC(=O)c1ccc2c(=O)n(C)c(=O)n(C)c2n1. The Morgan fingerprint density at radius 1 is 1.12 bits per heavy atom. The van der Waals surface area contributed by atoms with Gasteiger partial charge in [0.25, 0.3) is 11.5 Å². The first-order chi connectivity index (χ1) is 12.3. The van der Waals surface area contributed by atoms with E-state index < -0.39 is 17.2 Å². The Hall–Kier alpha value is -3.42. The molecule has 3 rings (SSSR count). The lowest BCUT2D eigenvalue weighted by atomic mass is 10.2. The predicted molar refractivity (Wildman–Crippen MR) is 97.9 cm³/mol. The van der Waals surface area contributed by atoms with Gasteiger partial charge in [0.05, 0.1) is 18.2 Å². The first-order valence-electron chi connectivity index (χ1n) is 7.86. The molecule has 2 heterocycles. The molecule has 1 amide bonds. The molecule has 0 spiro atoms. The van der Waals surface area contributed by atoms with Crippen molar-refractivity contribution in [1.82, 2.24) is 14.1 Å². The van der Waals surface area contributed by atoms with Gasteiger partial charge in [-0.25, -0.2) is 9.78 Å². The maximum Gasteiger partial charge on any atom is 0.332 e. The quantitative estimate of drug-likeness (QED) is 0.763. The summed E-state index contributed by atoms with van der Waals surface area (Å²) in [4.78, 5) is 41.0. The average molecular weight is 354 g/mol. The van der Waals surface area contributed by atoms with E-state index in [1.807, 2.05) is 13.0 Å². The van der Waals surface area contributed by atoms with Crippen LogP contribution in [0.3, 0.4) is 0 Å². The average Bonchev–Trinajstić information content (AvgIpc) is 2.64. The molecule has 0 fully saturated rings. The number of nitrogens with zero attached hydrogens (tertiary/aromatic N) is 3. The molecule has 8 nitrogen and oxygen atoms in total. The second kappa shape index (κ2) is 6.47. The number of benzene rings is 1. The molecular formula is C18H18N4O4. The van der Waals surface area contributed by atoms with Crippen LogP contribution in [0.2, 0.25) is 0 Å². The number of pyridine rings is 1. The van der Waals surface area contributed by atoms with Crippen LogP contribution in [0.15, 0.2) is 39.9 Å². The molecule has 0 unspecified atom stereocenters. The van der Waals surface area contributed by atoms with Crippen molar-refractivity contribution in [2.24, 2.45) is 14.1 Å². The van der Waals surface area contributed by atoms with Crippen molar-refractivity contribution in [3.8, 4) is 5.75 Å². The zero-order valence-corrected chi connectivity index (χ0v) is 14.9. The molecule has 1 aromatic carbocycles. The molecule has 0 atom stereocenters. The van der Waals surface area contributed by atoms with Crippen LogP contribution < -0.4 is 21.3 Å². The third-order valence-electron chi connectivity index (χ3n) is 4.14. The summed E-state index contributed by atoms with van der Waals surface area (Å²) in [5, 5.41) is 3.01. The summed E-state index contributed by atoms with van der Waals surface area (Å²) in [6.07, 6.45) is 0. The van der Waals surface area contributed by atoms with E-state index in [2.05, 4.69) is 10.3 Å². The Morgan fingerprint density at radius 2 is 1.85 bits per heavy atom. The Kier molecular flexibility index (Phi) is 4.33. The minimum atomic E-state index is -0.507. The van der Waals surface area contributed by atoms with Crippen LogP contribution in [-0.4, -0.2) is 27.1 Å². The van der Waals surface area contributed by atoms with Gasteiger partial charge < -0.3 is 10.1 Å². The topological polar surface area (TPSA) is 95.2 Å². The van der Waals surface area contributed by atoms with E-state index in [0.717, 1.165) is 10.1 Å². The number of ether oxygens (including phenoxy) is 1. The lowest BCUT2D eigenvalue weighted by molar-refractivity contribution is 0.102. The van der Waals surface area contributed by atoms with E-state index in [1.165, 1.54) is 37.9 Å². The van der Waals surface area contributed by atoms with Crippen molar-refractivity contribution in [2.45, 2.75) is 6.92 Å². The monoisotopic (exact) mass is 354 g/mol. The largest absolute Gasteiger partial charge is 0.495 e. The van der Waals surface area contributed by atoms with Crippen molar-refractivity contribution in [3.63, 3.8) is 0 Å². The van der Waals surface area contributed by atoms with Crippen LogP contribution in [0.25, 0.3) is 11.0 Å². The first-order valence-corrected chi connectivity index (χ1v) is 7.86. The van der Waals surface area contributed by atoms with Gasteiger partial charge >= 0.3 is 5.69 Å². The number of carbonyl (C=O) groups is 1. The summed E-state index contributed by atoms with van der Waals surface area (Å²) in [6, 6.07) is 8.35. The molecule has 0 aliphatic heterocycles. The fourth-order valence-electron chi connectivity index (χ4n) is 2.69. The molecule has 0 bridgehead atoms.